The number of allylic oxidation sites excluding steroid dienone is 1. The highest BCUT2D eigenvalue weighted by atomic mass is 14.7. The quantitative estimate of drug-likeness (QED) is 0.566. The summed E-state index contributed by atoms with van der Waals surface area (Å²) in [5.41, 5.74) is 9.91. The van der Waals surface area contributed by atoms with Crippen molar-refractivity contribution in [1.29, 1.82) is 0 Å². The van der Waals surface area contributed by atoms with Crippen molar-refractivity contribution < 1.29 is 0 Å². The number of aromatic nitrogens is 1. The second kappa shape index (κ2) is 3.92. The van der Waals surface area contributed by atoms with Crippen molar-refractivity contribution >= 4 is 17.0 Å². The van der Waals surface area contributed by atoms with Gasteiger partial charge in [-0.25, -0.2) is 0 Å². The summed E-state index contributed by atoms with van der Waals surface area (Å²) in [7, 11) is 0. The lowest BCUT2D eigenvalue weighted by Crippen LogP contribution is -2.15. The van der Waals surface area contributed by atoms with E-state index in [0.29, 0.717) is 0 Å². The zero-order chi connectivity index (χ0) is 14.9. The van der Waals surface area contributed by atoms with Crippen LogP contribution in [0.2, 0.25) is 0 Å². The monoisotopic (exact) mass is 285 g/mol. The summed E-state index contributed by atoms with van der Waals surface area (Å²) in [6.07, 6.45) is 6.86. The Balaban J connectivity index is 1.92. The zero-order valence-electron chi connectivity index (χ0n) is 13.0. The molecule has 0 aliphatic heterocycles. The van der Waals surface area contributed by atoms with Gasteiger partial charge in [0.1, 0.15) is 0 Å². The van der Waals surface area contributed by atoms with Gasteiger partial charge >= 0.3 is 0 Å². The first kappa shape index (κ1) is 12.3. The van der Waals surface area contributed by atoms with Crippen molar-refractivity contribution in [1.82, 2.24) is 4.98 Å². The molecule has 5 rings (SSSR count). The second-order valence-electron chi connectivity index (χ2n) is 7.04. The predicted molar refractivity (Wildman–Crippen MR) is 93.2 cm³/mol. The highest BCUT2D eigenvalue weighted by Gasteiger charge is 2.37. The fourth-order valence-corrected chi connectivity index (χ4v) is 4.43. The Kier molecular flexibility index (Phi) is 2.19. The molecule has 0 saturated heterocycles. The number of hydrogen-bond acceptors (Lipinski definition) is 0. The fraction of sp³-hybridized carbons (Fsp3) is 0.238. The number of nitrogens with one attached hydrogen (secondary N) is 1. The third-order valence-electron chi connectivity index (χ3n) is 5.46. The van der Waals surface area contributed by atoms with E-state index in [1.54, 1.807) is 0 Å². The van der Waals surface area contributed by atoms with Crippen LogP contribution in [-0.4, -0.2) is 4.98 Å². The maximum absolute atomic E-state index is 3.76. The lowest BCUT2D eigenvalue weighted by molar-refractivity contribution is 0.665. The van der Waals surface area contributed by atoms with Crippen LogP contribution in [-0.2, 0) is 11.8 Å². The molecule has 2 aliphatic carbocycles. The molecule has 0 amide bonds. The van der Waals surface area contributed by atoms with Crippen LogP contribution in [0.15, 0.2) is 42.5 Å². The van der Waals surface area contributed by atoms with Gasteiger partial charge < -0.3 is 4.98 Å². The van der Waals surface area contributed by atoms with Crippen LogP contribution in [0, 0.1) is 0 Å². The van der Waals surface area contributed by atoms with Crippen LogP contribution < -0.4 is 0 Å². The maximum atomic E-state index is 3.76. The SMILES string of the molecule is CC1(C)c2ccccc2-c2ccc3c4c([nH]c3c21)CCC=C4. The Hall–Kier alpha value is -2.28. The first-order valence-corrected chi connectivity index (χ1v) is 8.12. The molecule has 0 radical (unpaired) electrons. The lowest BCUT2D eigenvalue weighted by Gasteiger charge is -2.22. The van der Waals surface area contributed by atoms with Crippen LogP contribution in [0.25, 0.3) is 28.1 Å². The largest absolute Gasteiger partial charge is 0.358 e. The molecular weight excluding hydrogens is 266 g/mol. The van der Waals surface area contributed by atoms with Gasteiger partial charge in [-0.2, -0.15) is 0 Å². The van der Waals surface area contributed by atoms with Gasteiger partial charge in [0.2, 0.25) is 0 Å². The molecule has 1 heteroatoms. The van der Waals surface area contributed by atoms with Gasteiger partial charge in [-0.1, -0.05) is 62.4 Å². The van der Waals surface area contributed by atoms with Gasteiger partial charge in [-0.05, 0) is 35.1 Å². The summed E-state index contributed by atoms with van der Waals surface area (Å²) in [6.45, 7) is 4.71. The molecular formula is C21H19N. The minimum Gasteiger partial charge on any atom is -0.358 e. The molecule has 1 N–H and O–H groups in total. The van der Waals surface area contributed by atoms with Crippen molar-refractivity contribution in [2.45, 2.75) is 32.1 Å². The van der Waals surface area contributed by atoms with Crippen molar-refractivity contribution in [3.63, 3.8) is 0 Å². The zero-order valence-corrected chi connectivity index (χ0v) is 13.0. The summed E-state index contributed by atoms with van der Waals surface area (Å²) < 4.78 is 0. The van der Waals surface area contributed by atoms with Crippen molar-refractivity contribution in [3.8, 4) is 11.1 Å². The van der Waals surface area contributed by atoms with Gasteiger partial charge in [-0.3, -0.25) is 0 Å². The molecule has 0 unspecified atom stereocenters. The Morgan fingerprint density at radius 1 is 1.00 bits per heavy atom. The van der Waals surface area contributed by atoms with E-state index in [0.717, 1.165) is 12.8 Å². The molecule has 22 heavy (non-hydrogen) atoms. The molecule has 0 saturated carbocycles. The van der Waals surface area contributed by atoms with Crippen molar-refractivity contribution in [2.24, 2.45) is 0 Å². The molecule has 2 aliphatic rings. The maximum Gasteiger partial charge on any atom is 0.0510 e. The van der Waals surface area contributed by atoms with E-state index < -0.39 is 0 Å². The molecule has 0 bridgehead atoms. The van der Waals surface area contributed by atoms with Crippen molar-refractivity contribution in [2.75, 3.05) is 0 Å². The summed E-state index contributed by atoms with van der Waals surface area (Å²) in [4.78, 5) is 3.76. The summed E-state index contributed by atoms with van der Waals surface area (Å²) in [5, 5.41) is 1.38. The minimum atomic E-state index is 0.0581. The molecule has 1 nitrogen and oxygen atoms in total. The van der Waals surface area contributed by atoms with E-state index in [2.05, 4.69) is 67.4 Å². The van der Waals surface area contributed by atoms with E-state index in [-0.39, 0.29) is 5.41 Å². The minimum absolute atomic E-state index is 0.0581. The van der Waals surface area contributed by atoms with Gasteiger partial charge in [-0.15, -0.1) is 0 Å². The van der Waals surface area contributed by atoms with Crippen LogP contribution in [0.5, 0.6) is 0 Å². The number of H-pyrrole nitrogens is 1. The molecule has 108 valence electrons. The molecule has 0 atom stereocenters. The number of rotatable bonds is 0. The molecule has 0 spiro atoms. The third-order valence-corrected chi connectivity index (χ3v) is 5.46. The third kappa shape index (κ3) is 1.34. The van der Waals surface area contributed by atoms with Crippen LogP contribution in [0.3, 0.4) is 0 Å². The number of fused-ring (bicyclic) bond motifs is 7. The van der Waals surface area contributed by atoms with Gasteiger partial charge in [0.25, 0.3) is 0 Å². The van der Waals surface area contributed by atoms with E-state index in [9.17, 15) is 0 Å². The van der Waals surface area contributed by atoms with Crippen LogP contribution >= 0.6 is 0 Å². The Morgan fingerprint density at radius 2 is 1.86 bits per heavy atom. The first-order chi connectivity index (χ1) is 10.7. The highest BCUT2D eigenvalue weighted by Crippen LogP contribution is 2.51. The first-order valence-electron chi connectivity index (χ1n) is 8.12. The number of aryl methyl sites for hydroxylation is 1. The summed E-state index contributed by atoms with van der Waals surface area (Å²) in [6, 6.07) is 13.5. The molecule has 2 aromatic carbocycles. The normalized spacial score (nSPS) is 17.4. The fourth-order valence-electron chi connectivity index (χ4n) is 4.43. The lowest BCUT2D eigenvalue weighted by atomic mass is 9.81. The van der Waals surface area contributed by atoms with Crippen LogP contribution in [0.1, 0.15) is 42.7 Å². The van der Waals surface area contributed by atoms with E-state index >= 15 is 0 Å². The van der Waals surface area contributed by atoms with E-state index in [1.807, 2.05) is 0 Å². The Morgan fingerprint density at radius 3 is 2.77 bits per heavy atom. The smallest absolute Gasteiger partial charge is 0.0510 e. The second-order valence-corrected chi connectivity index (χ2v) is 7.04. The topological polar surface area (TPSA) is 15.8 Å². The van der Waals surface area contributed by atoms with Crippen molar-refractivity contribution in [3.05, 3.63) is 64.9 Å². The predicted octanol–water partition coefficient (Wildman–Crippen LogP) is 5.43. The van der Waals surface area contributed by atoms with Gasteiger partial charge in [0, 0.05) is 22.1 Å². The Bertz CT molecular complexity index is 953. The van der Waals surface area contributed by atoms with E-state index in [4.69, 9.17) is 0 Å². The molecule has 0 fully saturated rings. The standard InChI is InChI=1S/C21H19N/c1-21(2)17-9-5-3-7-13(17)15-11-12-16-14-8-4-6-10-18(14)22-20(16)19(15)21/h3-5,7-9,11-12,22H,6,10H2,1-2H3. The molecule has 1 heterocycles. The van der Waals surface area contributed by atoms with Crippen LogP contribution in [0.4, 0.5) is 0 Å². The van der Waals surface area contributed by atoms with Gasteiger partial charge in [0.05, 0.1) is 5.52 Å². The highest BCUT2D eigenvalue weighted by molar-refractivity contribution is 6.00. The average molecular weight is 285 g/mol. The number of hydrogen-bond donors (Lipinski definition) is 1. The molecule has 1 aromatic heterocycles. The average Bonchev–Trinajstić information content (AvgIpc) is 3.02. The Labute approximate surface area is 130 Å². The number of benzene rings is 2. The molecule has 3 aromatic rings. The van der Waals surface area contributed by atoms with E-state index in [1.165, 1.54) is 44.4 Å². The summed E-state index contributed by atoms with van der Waals surface area (Å²) in [5.74, 6) is 0. The summed E-state index contributed by atoms with van der Waals surface area (Å²) >= 11 is 0. The number of aromatic amines is 1. The van der Waals surface area contributed by atoms with Gasteiger partial charge in [0.15, 0.2) is 0 Å².